The van der Waals surface area contributed by atoms with Crippen molar-refractivity contribution in [1.29, 1.82) is 0 Å². The normalized spacial score (nSPS) is 16.8. The Labute approximate surface area is 101 Å². The van der Waals surface area contributed by atoms with Crippen LogP contribution < -0.4 is 0 Å². The van der Waals surface area contributed by atoms with E-state index in [1.165, 1.54) is 36.6 Å². The topological polar surface area (TPSA) is 17.8 Å². The van der Waals surface area contributed by atoms with Crippen LogP contribution in [-0.2, 0) is 13.0 Å². The molecule has 0 amide bonds. The fraction of sp³-hybridized carbons (Fsp3) is 0.786. The van der Waals surface area contributed by atoms with E-state index in [2.05, 4.69) is 30.3 Å². The van der Waals surface area contributed by atoms with E-state index in [9.17, 15) is 0 Å². The first kappa shape index (κ1) is 15.2. The van der Waals surface area contributed by atoms with Crippen molar-refractivity contribution in [1.82, 2.24) is 9.55 Å². The Kier molecular flexibility index (Phi) is 7.11. The molecule has 0 saturated carbocycles. The first-order valence-electron chi connectivity index (χ1n) is 6.75. The highest BCUT2D eigenvalue weighted by Gasteiger charge is 2.23. The van der Waals surface area contributed by atoms with Gasteiger partial charge in [-0.1, -0.05) is 41.0 Å². The Balaban J connectivity index is 0.000000509. The van der Waals surface area contributed by atoms with E-state index in [0.29, 0.717) is 0 Å². The van der Waals surface area contributed by atoms with E-state index in [0.717, 1.165) is 5.92 Å². The van der Waals surface area contributed by atoms with Crippen LogP contribution in [0.15, 0.2) is 0 Å². The number of rotatable bonds is 1. The van der Waals surface area contributed by atoms with Crippen molar-refractivity contribution < 1.29 is 0 Å². The molecule has 2 heterocycles. The molecule has 0 radical (unpaired) electrons. The molecular formula is C14H28N2. The van der Waals surface area contributed by atoms with Gasteiger partial charge in [0.2, 0.25) is 0 Å². The molecule has 1 aliphatic rings. The van der Waals surface area contributed by atoms with Crippen LogP contribution in [-0.4, -0.2) is 9.55 Å². The van der Waals surface area contributed by atoms with Gasteiger partial charge in [-0.05, 0) is 19.8 Å². The van der Waals surface area contributed by atoms with Gasteiger partial charge in [-0.2, -0.15) is 0 Å². The van der Waals surface area contributed by atoms with Crippen molar-refractivity contribution in [3.05, 3.63) is 17.2 Å². The largest absolute Gasteiger partial charge is 0.332 e. The van der Waals surface area contributed by atoms with Gasteiger partial charge in [0.15, 0.2) is 0 Å². The predicted molar refractivity (Wildman–Crippen MR) is 71.9 cm³/mol. The third-order valence-corrected chi connectivity index (χ3v) is 3.03. The zero-order chi connectivity index (χ0) is 12.7. The molecule has 0 bridgehead atoms. The van der Waals surface area contributed by atoms with Gasteiger partial charge in [0, 0.05) is 18.7 Å². The molecule has 1 aliphatic heterocycles. The third kappa shape index (κ3) is 3.10. The van der Waals surface area contributed by atoms with Crippen molar-refractivity contribution in [2.45, 2.75) is 67.9 Å². The maximum Gasteiger partial charge on any atom is 0.109 e. The minimum atomic E-state index is 0.840. The molecule has 1 unspecified atom stereocenters. The Morgan fingerprint density at radius 1 is 1.19 bits per heavy atom. The maximum absolute atomic E-state index is 4.55. The lowest BCUT2D eigenvalue weighted by Gasteiger charge is -2.04. The van der Waals surface area contributed by atoms with E-state index < -0.39 is 0 Å². The summed E-state index contributed by atoms with van der Waals surface area (Å²) in [4.78, 5) is 4.55. The van der Waals surface area contributed by atoms with Crippen LogP contribution in [0, 0.1) is 19.8 Å². The fourth-order valence-electron chi connectivity index (χ4n) is 1.98. The molecule has 16 heavy (non-hydrogen) atoms. The number of hydrogen-bond donors (Lipinski definition) is 0. The lowest BCUT2D eigenvalue weighted by Crippen LogP contribution is -2.02. The van der Waals surface area contributed by atoms with Crippen molar-refractivity contribution in [2.24, 2.45) is 5.92 Å². The number of nitrogens with zero attached hydrogens (tertiary/aromatic N) is 2. The number of aromatic nitrogens is 2. The molecule has 94 valence electrons. The van der Waals surface area contributed by atoms with Crippen LogP contribution in [0.3, 0.4) is 0 Å². The fourth-order valence-corrected chi connectivity index (χ4v) is 1.98. The predicted octanol–water partition coefficient (Wildman–Crippen LogP) is 4.13. The van der Waals surface area contributed by atoms with E-state index in [1.54, 1.807) is 0 Å². The second-order valence-electron chi connectivity index (χ2n) is 3.79. The zero-order valence-corrected chi connectivity index (χ0v) is 12.1. The van der Waals surface area contributed by atoms with Gasteiger partial charge in [0.1, 0.15) is 5.82 Å². The molecule has 0 N–H and O–H groups in total. The molecule has 2 nitrogen and oxygen atoms in total. The number of fused-ring (bicyclic) bond motifs is 1. The average Bonchev–Trinajstić information content (AvgIpc) is 2.86. The van der Waals surface area contributed by atoms with Crippen molar-refractivity contribution >= 4 is 0 Å². The minimum absolute atomic E-state index is 0.840. The van der Waals surface area contributed by atoms with Crippen LogP contribution in [0.25, 0.3) is 0 Å². The molecule has 1 atom stereocenters. The van der Waals surface area contributed by atoms with Crippen molar-refractivity contribution in [2.75, 3.05) is 0 Å². The summed E-state index contributed by atoms with van der Waals surface area (Å²) in [7, 11) is 0. The molecule has 0 saturated heterocycles. The van der Waals surface area contributed by atoms with Gasteiger partial charge in [-0.15, -0.1) is 0 Å². The molecule has 0 aromatic carbocycles. The summed E-state index contributed by atoms with van der Waals surface area (Å²) < 4.78 is 2.38. The molecule has 0 spiro atoms. The quantitative estimate of drug-likeness (QED) is 0.701. The van der Waals surface area contributed by atoms with E-state index >= 15 is 0 Å². The highest BCUT2D eigenvalue weighted by molar-refractivity contribution is 5.17. The first-order valence-corrected chi connectivity index (χ1v) is 6.75. The lowest BCUT2D eigenvalue weighted by atomic mass is 10.1. The summed E-state index contributed by atoms with van der Waals surface area (Å²) in [6.07, 6.45) is 2.47. The van der Waals surface area contributed by atoms with Gasteiger partial charge in [-0.3, -0.25) is 0 Å². The molecule has 0 fully saturated rings. The summed E-state index contributed by atoms with van der Waals surface area (Å²) in [6.45, 7) is 15.7. The summed E-state index contributed by atoms with van der Waals surface area (Å²) in [6, 6.07) is 0. The highest BCUT2D eigenvalue weighted by Crippen LogP contribution is 2.25. The Bertz CT molecular complexity index is 300. The Morgan fingerprint density at radius 3 is 2.19 bits per heavy atom. The SMILES string of the molecule is CC.CC.CCC1Cc2nc(C)c(C)n2C1. The average molecular weight is 224 g/mol. The Hall–Kier alpha value is -0.790. The number of hydrogen-bond acceptors (Lipinski definition) is 1. The second-order valence-corrected chi connectivity index (χ2v) is 3.79. The summed E-state index contributed by atoms with van der Waals surface area (Å²) >= 11 is 0. The van der Waals surface area contributed by atoms with Gasteiger partial charge in [0.25, 0.3) is 0 Å². The third-order valence-electron chi connectivity index (χ3n) is 3.03. The second kappa shape index (κ2) is 7.48. The molecular weight excluding hydrogens is 196 g/mol. The van der Waals surface area contributed by atoms with Crippen LogP contribution in [0.2, 0.25) is 0 Å². The monoisotopic (exact) mass is 224 g/mol. The van der Waals surface area contributed by atoms with Gasteiger partial charge >= 0.3 is 0 Å². The smallest absolute Gasteiger partial charge is 0.109 e. The van der Waals surface area contributed by atoms with Crippen molar-refractivity contribution in [3.8, 4) is 0 Å². The molecule has 2 rings (SSSR count). The van der Waals surface area contributed by atoms with E-state index in [-0.39, 0.29) is 0 Å². The van der Waals surface area contributed by atoms with Gasteiger partial charge in [0.05, 0.1) is 5.69 Å². The molecule has 1 aromatic rings. The summed E-state index contributed by atoms with van der Waals surface area (Å²) in [5.41, 5.74) is 2.57. The molecule has 2 heteroatoms. The van der Waals surface area contributed by atoms with E-state index in [4.69, 9.17) is 0 Å². The van der Waals surface area contributed by atoms with Crippen LogP contribution in [0.1, 0.15) is 58.3 Å². The number of imidazole rings is 1. The summed E-state index contributed by atoms with van der Waals surface area (Å²) in [5.74, 6) is 2.14. The van der Waals surface area contributed by atoms with E-state index in [1.807, 2.05) is 27.7 Å². The van der Waals surface area contributed by atoms with Crippen LogP contribution in [0.4, 0.5) is 0 Å². The van der Waals surface area contributed by atoms with Crippen LogP contribution in [0.5, 0.6) is 0 Å². The zero-order valence-electron chi connectivity index (χ0n) is 12.1. The van der Waals surface area contributed by atoms with Gasteiger partial charge < -0.3 is 4.57 Å². The number of aryl methyl sites for hydroxylation is 1. The highest BCUT2D eigenvalue weighted by atomic mass is 15.1. The Morgan fingerprint density at radius 2 is 1.75 bits per heavy atom. The maximum atomic E-state index is 4.55. The van der Waals surface area contributed by atoms with Crippen molar-refractivity contribution in [3.63, 3.8) is 0 Å². The van der Waals surface area contributed by atoms with Gasteiger partial charge in [-0.25, -0.2) is 4.98 Å². The molecule has 0 aliphatic carbocycles. The minimum Gasteiger partial charge on any atom is -0.332 e. The van der Waals surface area contributed by atoms with Crippen LogP contribution >= 0.6 is 0 Å². The first-order chi connectivity index (χ1) is 7.72. The molecule has 1 aromatic heterocycles. The standard InChI is InChI=1S/C10H16N2.2C2H6/c1-4-9-5-10-11-7(2)8(3)12(10)6-9;2*1-2/h9H,4-6H2,1-3H3;2*1-2H3. The lowest BCUT2D eigenvalue weighted by molar-refractivity contribution is 0.492. The summed E-state index contributed by atoms with van der Waals surface area (Å²) in [5, 5.41) is 0.